The lowest BCUT2D eigenvalue weighted by Crippen LogP contribution is -2.21. The van der Waals surface area contributed by atoms with Crippen molar-refractivity contribution in [3.63, 3.8) is 0 Å². The van der Waals surface area contributed by atoms with Crippen molar-refractivity contribution in [2.45, 2.75) is 19.5 Å². The second-order valence-corrected chi connectivity index (χ2v) is 4.57. The van der Waals surface area contributed by atoms with Crippen LogP contribution in [-0.4, -0.2) is 24.3 Å². The van der Waals surface area contributed by atoms with Crippen molar-refractivity contribution in [1.29, 1.82) is 0 Å². The number of benzene rings is 1. The second kappa shape index (κ2) is 5.22. The maximum Gasteiger partial charge on any atom is 0.420 e. The van der Waals surface area contributed by atoms with E-state index in [1.54, 1.807) is 0 Å². The molecule has 0 aliphatic carbocycles. The zero-order chi connectivity index (χ0) is 14.9. The molecule has 1 aliphatic rings. The maximum atomic E-state index is 12.9. The van der Waals surface area contributed by atoms with Gasteiger partial charge in [0.15, 0.2) is 11.5 Å². The van der Waals surface area contributed by atoms with Gasteiger partial charge in [-0.2, -0.15) is 13.2 Å². The fourth-order valence-corrected chi connectivity index (χ4v) is 1.99. The standard InChI is InChI=1S/C13H13F3O4/c1-7(12(17)18)6-8-2-3-9(13(14,15)16)11-10(8)19-4-5-20-11/h2-3,7H,4-6H2,1H3,(H,17,18). The molecule has 0 saturated heterocycles. The predicted octanol–water partition coefficient (Wildman–Crippen LogP) is 2.74. The summed E-state index contributed by atoms with van der Waals surface area (Å²) < 4.78 is 48.9. The summed E-state index contributed by atoms with van der Waals surface area (Å²) in [5, 5.41) is 8.88. The third-order valence-corrected chi connectivity index (χ3v) is 3.02. The van der Waals surface area contributed by atoms with Crippen molar-refractivity contribution in [2.24, 2.45) is 5.92 Å². The van der Waals surface area contributed by atoms with Crippen molar-refractivity contribution in [3.05, 3.63) is 23.3 Å². The van der Waals surface area contributed by atoms with Crippen molar-refractivity contribution < 1.29 is 32.5 Å². The first-order chi connectivity index (χ1) is 9.30. The van der Waals surface area contributed by atoms with E-state index in [4.69, 9.17) is 14.6 Å². The van der Waals surface area contributed by atoms with Gasteiger partial charge in [0.05, 0.1) is 5.92 Å². The molecule has 1 N–H and O–H groups in total. The Labute approximate surface area is 113 Å². The fraction of sp³-hybridized carbons (Fsp3) is 0.462. The average molecular weight is 290 g/mol. The Hall–Kier alpha value is -1.92. The number of carboxylic acid groups (broad SMARTS) is 1. The average Bonchev–Trinajstić information content (AvgIpc) is 2.37. The van der Waals surface area contributed by atoms with E-state index in [1.807, 2.05) is 0 Å². The van der Waals surface area contributed by atoms with Crippen LogP contribution in [0.1, 0.15) is 18.1 Å². The van der Waals surface area contributed by atoms with Gasteiger partial charge in [-0.3, -0.25) is 4.79 Å². The van der Waals surface area contributed by atoms with E-state index in [-0.39, 0.29) is 31.1 Å². The molecule has 2 rings (SSSR count). The van der Waals surface area contributed by atoms with Gasteiger partial charge in [0.1, 0.15) is 18.8 Å². The lowest BCUT2D eigenvalue weighted by atomic mass is 9.98. The topological polar surface area (TPSA) is 55.8 Å². The number of carboxylic acids is 1. The van der Waals surface area contributed by atoms with Gasteiger partial charge in [-0.1, -0.05) is 13.0 Å². The molecule has 7 heteroatoms. The predicted molar refractivity (Wildman–Crippen MR) is 62.9 cm³/mol. The molecule has 0 aromatic heterocycles. The van der Waals surface area contributed by atoms with Crippen molar-refractivity contribution in [1.82, 2.24) is 0 Å². The molecule has 20 heavy (non-hydrogen) atoms. The van der Waals surface area contributed by atoms with Gasteiger partial charge in [0.2, 0.25) is 0 Å². The highest BCUT2D eigenvalue weighted by Crippen LogP contribution is 2.45. The number of ether oxygens (including phenoxy) is 2. The normalized spacial score (nSPS) is 15.8. The van der Waals surface area contributed by atoms with E-state index in [0.29, 0.717) is 5.56 Å². The van der Waals surface area contributed by atoms with E-state index in [0.717, 1.165) is 6.07 Å². The number of fused-ring (bicyclic) bond motifs is 1. The lowest BCUT2D eigenvalue weighted by molar-refractivity contribution is -0.141. The summed E-state index contributed by atoms with van der Waals surface area (Å²) in [5.74, 6) is -2.09. The molecular weight excluding hydrogens is 277 g/mol. The highest BCUT2D eigenvalue weighted by molar-refractivity contribution is 5.70. The highest BCUT2D eigenvalue weighted by atomic mass is 19.4. The van der Waals surface area contributed by atoms with Crippen molar-refractivity contribution >= 4 is 5.97 Å². The number of halogens is 3. The van der Waals surface area contributed by atoms with Crippen LogP contribution < -0.4 is 9.47 Å². The summed E-state index contributed by atoms with van der Waals surface area (Å²) >= 11 is 0. The van der Waals surface area contributed by atoms with Crippen LogP contribution in [0.3, 0.4) is 0 Å². The quantitative estimate of drug-likeness (QED) is 0.930. The Morgan fingerprint density at radius 1 is 1.30 bits per heavy atom. The molecule has 0 amide bonds. The summed E-state index contributed by atoms with van der Waals surface area (Å²) in [6.45, 7) is 1.66. The number of hydrogen-bond donors (Lipinski definition) is 1. The summed E-state index contributed by atoms with van der Waals surface area (Å²) in [4.78, 5) is 10.8. The maximum absolute atomic E-state index is 12.9. The molecule has 1 aliphatic heterocycles. The third kappa shape index (κ3) is 2.81. The van der Waals surface area contributed by atoms with Gasteiger partial charge in [-0.15, -0.1) is 0 Å². The van der Waals surface area contributed by atoms with Crippen LogP contribution in [0.5, 0.6) is 11.5 Å². The molecule has 4 nitrogen and oxygen atoms in total. The van der Waals surface area contributed by atoms with Gasteiger partial charge in [0.25, 0.3) is 0 Å². The van der Waals surface area contributed by atoms with E-state index in [9.17, 15) is 18.0 Å². The Morgan fingerprint density at radius 3 is 2.45 bits per heavy atom. The van der Waals surface area contributed by atoms with E-state index < -0.39 is 23.6 Å². The van der Waals surface area contributed by atoms with Crippen LogP contribution in [0.15, 0.2) is 12.1 Å². The molecule has 0 bridgehead atoms. The second-order valence-electron chi connectivity index (χ2n) is 4.57. The zero-order valence-corrected chi connectivity index (χ0v) is 10.7. The largest absolute Gasteiger partial charge is 0.486 e. The number of rotatable bonds is 3. The van der Waals surface area contributed by atoms with Crippen LogP contribution in [-0.2, 0) is 17.4 Å². The van der Waals surface area contributed by atoms with E-state index >= 15 is 0 Å². The van der Waals surface area contributed by atoms with Crippen LogP contribution >= 0.6 is 0 Å². The molecule has 0 spiro atoms. The molecule has 1 atom stereocenters. The monoisotopic (exact) mass is 290 g/mol. The molecule has 1 aromatic rings. The first kappa shape index (κ1) is 14.5. The van der Waals surface area contributed by atoms with E-state index in [2.05, 4.69) is 0 Å². The van der Waals surface area contributed by atoms with Gasteiger partial charge in [0, 0.05) is 0 Å². The Morgan fingerprint density at radius 2 is 1.90 bits per heavy atom. The number of aliphatic carboxylic acids is 1. The van der Waals surface area contributed by atoms with Crippen LogP contribution in [0.2, 0.25) is 0 Å². The Kier molecular flexibility index (Phi) is 3.78. The summed E-state index contributed by atoms with van der Waals surface area (Å²) in [6.07, 6.45) is -4.46. The number of hydrogen-bond acceptors (Lipinski definition) is 3. The minimum atomic E-state index is -4.54. The highest BCUT2D eigenvalue weighted by Gasteiger charge is 2.37. The van der Waals surface area contributed by atoms with Crippen molar-refractivity contribution in [3.8, 4) is 11.5 Å². The number of carbonyl (C=O) groups is 1. The SMILES string of the molecule is CC(Cc1ccc(C(F)(F)F)c2c1OCCO2)C(=O)O. The Bertz CT molecular complexity index is 525. The fourth-order valence-electron chi connectivity index (χ4n) is 1.99. The van der Waals surface area contributed by atoms with Gasteiger partial charge < -0.3 is 14.6 Å². The van der Waals surface area contributed by atoms with Gasteiger partial charge >= 0.3 is 12.1 Å². The summed E-state index contributed by atoms with van der Waals surface area (Å²) in [7, 11) is 0. The van der Waals surface area contributed by atoms with Crippen LogP contribution in [0.4, 0.5) is 13.2 Å². The first-order valence-corrected chi connectivity index (χ1v) is 6.02. The molecule has 0 radical (unpaired) electrons. The van der Waals surface area contributed by atoms with E-state index in [1.165, 1.54) is 13.0 Å². The Balaban J connectivity index is 2.43. The van der Waals surface area contributed by atoms with Crippen LogP contribution in [0.25, 0.3) is 0 Å². The summed E-state index contributed by atoms with van der Waals surface area (Å²) in [5.41, 5.74) is -0.499. The molecule has 110 valence electrons. The molecule has 0 fully saturated rings. The first-order valence-electron chi connectivity index (χ1n) is 6.02. The molecular formula is C13H13F3O4. The third-order valence-electron chi connectivity index (χ3n) is 3.02. The lowest BCUT2D eigenvalue weighted by Gasteiger charge is -2.25. The zero-order valence-electron chi connectivity index (χ0n) is 10.7. The number of alkyl halides is 3. The minimum Gasteiger partial charge on any atom is -0.486 e. The molecule has 0 saturated carbocycles. The smallest absolute Gasteiger partial charge is 0.420 e. The van der Waals surface area contributed by atoms with Crippen LogP contribution in [0, 0.1) is 5.92 Å². The molecule has 1 heterocycles. The van der Waals surface area contributed by atoms with Gasteiger partial charge in [-0.05, 0) is 18.1 Å². The van der Waals surface area contributed by atoms with Crippen molar-refractivity contribution in [2.75, 3.05) is 13.2 Å². The molecule has 1 aromatic carbocycles. The summed E-state index contributed by atoms with van der Waals surface area (Å²) in [6, 6.07) is 2.15. The minimum absolute atomic E-state index is 0.000764. The molecule has 1 unspecified atom stereocenters. The van der Waals surface area contributed by atoms with Gasteiger partial charge in [-0.25, -0.2) is 0 Å².